The molecule has 0 fully saturated rings. The Hall–Kier alpha value is -3.31. The van der Waals surface area contributed by atoms with Crippen LogP contribution in [0, 0.1) is 17.8 Å². The zero-order valence-corrected chi connectivity index (χ0v) is 15.8. The van der Waals surface area contributed by atoms with E-state index in [1.807, 2.05) is 6.92 Å². The molecule has 0 aliphatic rings. The summed E-state index contributed by atoms with van der Waals surface area (Å²) in [5, 5.41) is 18.1. The maximum absolute atomic E-state index is 13.5. The van der Waals surface area contributed by atoms with Crippen molar-refractivity contribution in [3.63, 3.8) is 0 Å². The summed E-state index contributed by atoms with van der Waals surface area (Å²) < 4.78 is 20.9. The first kappa shape index (κ1) is 19.5. The van der Waals surface area contributed by atoms with Crippen LogP contribution in [-0.4, -0.2) is 42.0 Å². The largest absolute Gasteiger partial charge is 0.492 e. The molecule has 28 heavy (non-hydrogen) atoms. The van der Waals surface area contributed by atoms with Gasteiger partial charge in [-0.15, -0.1) is 10.2 Å². The second kappa shape index (κ2) is 8.15. The third-order valence-corrected chi connectivity index (χ3v) is 3.61. The van der Waals surface area contributed by atoms with E-state index in [-0.39, 0.29) is 0 Å². The van der Waals surface area contributed by atoms with Crippen LogP contribution in [-0.2, 0) is 6.54 Å². The highest BCUT2D eigenvalue weighted by Gasteiger charge is 2.14. The van der Waals surface area contributed by atoms with E-state index >= 15 is 0 Å². The molecule has 0 aromatic carbocycles. The molecule has 0 radical (unpaired) electrons. The minimum Gasteiger partial charge on any atom is -0.492 e. The Balaban J connectivity index is 1.92. The zero-order valence-electron chi connectivity index (χ0n) is 15.8. The third kappa shape index (κ3) is 4.90. The maximum atomic E-state index is 13.5. The van der Waals surface area contributed by atoms with Gasteiger partial charge >= 0.3 is 0 Å². The smallest absolute Gasteiger partial charge is 0.213 e. The third-order valence-electron chi connectivity index (χ3n) is 3.61. The molecule has 8 heteroatoms. The summed E-state index contributed by atoms with van der Waals surface area (Å²) in [6, 6.07) is 6.23. The molecular formula is C20H20FN5O2. The van der Waals surface area contributed by atoms with E-state index in [2.05, 4.69) is 32.0 Å². The van der Waals surface area contributed by atoms with E-state index < -0.39 is 11.5 Å². The lowest BCUT2D eigenvalue weighted by Crippen LogP contribution is -2.14. The number of pyridine rings is 1. The standard InChI is InChI=1S/C20H20FN5O2/c1-4-28-17-12-14(8-9-20(2,3)27)24-25-16(17)13-26-11-10-22-19(26)15-6-5-7-18(21)23-15/h5-7,10-12,27H,4,13H2,1-3H3. The number of nitrogens with zero attached hydrogens (tertiary/aromatic N) is 5. The molecular weight excluding hydrogens is 361 g/mol. The van der Waals surface area contributed by atoms with Gasteiger partial charge in [0.05, 0.1) is 13.2 Å². The van der Waals surface area contributed by atoms with Crippen LogP contribution in [0.4, 0.5) is 4.39 Å². The Morgan fingerprint density at radius 1 is 1.29 bits per heavy atom. The number of aliphatic hydroxyl groups is 1. The highest BCUT2D eigenvalue weighted by molar-refractivity contribution is 5.49. The molecule has 0 saturated heterocycles. The van der Waals surface area contributed by atoms with Gasteiger partial charge in [0.25, 0.3) is 0 Å². The van der Waals surface area contributed by atoms with Gasteiger partial charge in [-0.25, -0.2) is 9.97 Å². The number of aromatic nitrogens is 5. The fraction of sp³-hybridized carbons (Fsp3) is 0.300. The first-order valence-electron chi connectivity index (χ1n) is 8.75. The van der Waals surface area contributed by atoms with Gasteiger partial charge in [-0.1, -0.05) is 12.0 Å². The molecule has 0 aliphatic heterocycles. The highest BCUT2D eigenvalue weighted by Crippen LogP contribution is 2.21. The molecule has 0 bridgehead atoms. The lowest BCUT2D eigenvalue weighted by molar-refractivity contribution is 0.143. The predicted molar refractivity (Wildman–Crippen MR) is 101 cm³/mol. The van der Waals surface area contributed by atoms with Gasteiger partial charge in [0.2, 0.25) is 5.95 Å². The summed E-state index contributed by atoms with van der Waals surface area (Å²) in [4.78, 5) is 8.15. The second-order valence-corrected chi connectivity index (χ2v) is 6.51. The predicted octanol–water partition coefficient (Wildman–Crippen LogP) is 2.44. The number of halogens is 1. The minimum absolute atomic E-state index is 0.315. The summed E-state index contributed by atoms with van der Waals surface area (Å²) in [6.45, 7) is 5.80. The molecule has 3 aromatic heterocycles. The summed E-state index contributed by atoms with van der Waals surface area (Å²) in [5.74, 6) is 5.95. The normalized spacial score (nSPS) is 11.0. The number of hydrogen-bond donors (Lipinski definition) is 1. The molecule has 3 heterocycles. The first-order valence-corrected chi connectivity index (χ1v) is 8.75. The van der Waals surface area contributed by atoms with E-state index in [0.717, 1.165) is 0 Å². The Kier molecular flexibility index (Phi) is 5.66. The van der Waals surface area contributed by atoms with Crippen LogP contribution in [0.2, 0.25) is 0 Å². The van der Waals surface area contributed by atoms with Crippen molar-refractivity contribution in [2.24, 2.45) is 0 Å². The summed E-state index contributed by atoms with van der Waals surface area (Å²) >= 11 is 0. The second-order valence-electron chi connectivity index (χ2n) is 6.51. The van der Waals surface area contributed by atoms with Crippen molar-refractivity contribution in [2.45, 2.75) is 32.9 Å². The number of rotatable bonds is 5. The van der Waals surface area contributed by atoms with Gasteiger partial charge in [0, 0.05) is 18.5 Å². The van der Waals surface area contributed by atoms with Gasteiger partial charge in [0.1, 0.15) is 28.4 Å². The van der Waals surface area contributed by atoms with Crippen molar-refractivity contribution in [3.8, 4) is 29.1 Å². The SMILES string of the molecule is CCOc1cc(C#CC(C)(C)O)nnc1Cn1ccnc1-c1cccc(F)n1. The number of ether oxygens (including phenoxy) is 1. The highest BCUT2D eigenvalue weighted by atomic mass is 19.1. The molecule has 1 N–H and O–H groups in total. The maximum Gasteiger partial charge on any atom is 0.213 e. The molecule has 0 atom stereocenters. The molecule has 0 aliphatic carbocycles. The Labute approximate surface area is 162 Å². The molecule has 7 nitrogen and oxygen atoms in total. The van der Waals surface area contributed by atoms with E-state index in [9.17, 15) is 9.50 Å². The van der Waals surface area contributed by atoms with Crippen molar-refractivity contribution in [2.75, 3.05) is 6.61 Å². The summed E-state index contributed by atoms with van der Waals surface area (Å²) in [7, 11) is 0. The molecule has 0 unspecified atom stereocenters. The first-order chi connectivity index (χ1) is 13.4. The van der Waals surface area contributed by atoms with Crippen LogP contribution < -0.4 is 4.74 Å². The lowest BCUT2D eigenvalue weighted by Gasteiger charge is -2.11. The molecule has 0 spiro atoms. The molecule has 3 rings (SSSR count). The van der Waals surface area contributed by atoms with Crippen LogP contribution in [0.1, 0.15) is 32.2 Å². The van der Waals surface area contributed by atoms with Crippen LogP contribution >= 0.6 is 0 Å². The summed E-state index contributed by atoms with van der Waals surface area (Å²) in [6.07, 6.45) is 3.36. The monoisotopic (exact) mass is 381 g/mol. The molecule has 144 valence electrons. The molecule has 0 amide bonds. The fourth-order valence-electron chi connectivity index (χ4n) is 2.43. The molecule has 3 aromatic rings. The van der Waals surface area contributed by atoms with Crippen LogP contribution in [0.3, 0.4) is 0 Å². The zero-order chi connectivity index (χ0) is 20.1. The average Bonchev–Trinajstić information content (AvgIpc) is 3.10. The van der Waals surface area contributed by atoms with Crippen LogP contribution in [0.25, 0.3) is 11.5 Å². The van der Waals surface area contributed by atoms with E-state index in [1.54, 1.807) is 49.0 Å². The van der Waals surface area contributed by atoms with Crippen LogP contribution in [0.15, 0.2) is 36.7 Å². The van der Waals surface area contributed by atoms with Gasteiger partial charge in [-0.05, 0) is 38.8 Å². The van der Waals surface area contributed by atoms with Crippen molar-refractivity contribution in [1.29, 1.82) is 0 Å². The van der Waals surface area contributed by atoms with E-state index in [4.69, 9.17) is 4.74 Å². The van der Waals surface area contributed by atoms with Crippen LogP contribution in [0.5, 0.6) is 5.75 Å². The Morgan fingerprint density at radius 3 is 2.82 bits per heavy atom. The fourth-order valence-corrected chi connectivity index (χ4v) is 2.43. The number of hydrogen-bond acceptors (Lipinski definition) is 6. The van der Waals surface area contributed by atoms with Crippen molar-refractivity contribution in [3.05, 3.63) is 54.0 Å². The average molecular weight is 381 g/mol. The quantitative estimate of drug-likeness (QED) is 0.540. The topological polar surface area (TPSA) is 86.0 Å². The van der Waals surface area contributed by atoms with Gasteiger partial charge < -0.3 is 14.4 Å². The van der Waals surface area contributed by atoms with Crippen molar-refractivity contribution >= 4 is 0 Å². The molecule has 0 saturated carbocycles. The lowest BCUT2D eigenvalue weighted by atomic mass is 10.1. The van der Waals surface area contributed by atoms with E-state index in [1.165, 1.54) is 6.07 Å². The number of imidazole rings is 1. The van der Waals surface area contributed by atoms with Crippen molar-refractivity contribution in [1.82, 2.24) is 24.7 Å². The Morgan fingerprint density at radius 2 is 2.11 bits per heavy atom. The van der Waals surface area contributed by atoms with Gasteiger partial charge in [0.15, 0.2) is 5.82 Å². The Bertz CT molecular complexity index is 1030. The van der Waals surface area contributed by atoms with Gasteiger partial charge in [-0.2, -0.15) is 4.39 Å². The van der Waals surface area contributed by atoms with E-state index in [0.29, 0.717) is 41.8 Å². The minimum atomic E-state index is -1.13. The van der Waals surface area contributed by atoms with Crippen molar-refractivity contribution < 1.29 is 14.2 Å². The van der Waals surface area contributed by atoms with Gasteiger partial charge in [-0.3, -0.25) is 0 Å². The summed E-state index contributed by atoms with van der Waals surface area (Å²) in [5.41, 5.74) is 0.261.